The fourth-order valence-corrected chi connectivity index (χ4v) is 3.69. The molecule has 2 heterocycles. The molecule has 1 fully saturated rings. The number of aromatic nitrogens is 1. The minimum absolute atomic E-state index is 0.0648. The molecule has 7 heteroatoms. The summed E-state index contributed by atoms with van der Waals surface area (Å²) in [5, 5.41) is 0. The van der Waals surface area contributed by atoms with E-state index in [-0.39, 0.29) is 18.2 Å². The Morgan fingerprint density at radius 2 is 1.68 bits per heavy atom. The first kappa shape index (κ1) is 20.4. The van der Waals surface area contributed by atoms with Gasteiger partial charge in [0.25, 0.3) is 5.91 Å². The third-order valence-electron chi connectivity index (χ3n) is 5.41. The number of nitrogens with zero attached hydrogens (tertiary/aromatic N) is 2. The summed E-state index contributed by atoms with van der Waals surface area (Å²) in [6.45, 7) is 2.81. The van der Waals surface area contributed by atoms with Crippen molar-refractivity contribution < 1.29 is 14.4 Å². The number of hydrogen-bond donors (Lipinski definition) is 2. The van der Waals surface area contributed by atoms with Crippen LogP contribution in [0.5, 0.6) is 0 Å². The highest BCUT2D eigenvalue weighted by atomic mass is 16.2. The highest BCUT2D eigenvalue weighted by molar-refractivity contribution is 5.99. The van der Waals surface area contributed by atoms with E-state index in [0.29, 0.717) is 24.3 Å². The van der Waals surface area contributed by atoms with E-state index in [1.54, 1.807) is 17.0 Å². The maximum absolute atomic E-state index is 12.7. The van der Waals surface area contributed by atoms with Gasteiger partial charge < -0.3 is 9.47 Å². The van der Waals surface area contributed by atoms with Crippen molar-refractivity contribution in [2.45, 2.75) is 19.9 Å². The quantitative estimate of drug-likeness (QED) is 0.627. The molecule has 3 aromatic rings. The summed E-state index contributed by atoms with van der Waals surface area (Å²) in [5.74, 6) is -1.35. The molecule has 1 atom stereocenters. The molecule has 31 heavy (non-hydrogen) atoms. The van der Waals surface area contributed by atoms with E-state index in [0.717, 1.165) is 11.1 Å². The van der Waals surface area contributed by atoms with Gasteiger partial charge in [-0.1, -0.05) is 42.0 Å². The predicted molar refractivity (Wildman–Crippen MR) is 116 cm³/mol. The SMILES string of the molecule is Cc1ccc(CN2CC(C(=O)NNC(=O)c3ccccc3-n3cccc3)CC2=O)cc1. The highest BCUT2D eigenvalue weighted by Gasteiger charge is 2.34. The van der Waals surface area contributed by atoms with Crippen molar-refractivity contribution in [2.75, 3.05) is 6.54 Å². The van der Waals surface area contributed by atoms with Gasteiger partial charge in [-0.25, -0.2) is 0 Å². The van der Waals surface area contributed by atoms with E-state index in [4.69, 9.17) is 0 Å². The molecule has 0 bridgehead atoms. The first-order chi connectivity index (χ1) is 15.0. The molecule has 0 spiro atoms. The standard InChI is InChI=1S/C24H24N4O3/c1-17-8-10-18(11-9-17)15-28-16-19(14-22(28)29)23(30)25-26-24(31)20-6-2-3-7-21(20)27-12-4-5-13-27/h2-13,19H,14-16H2,1H3,(H,25,30)(H,26,31). The fourth-order valence-electron chi connectivity index (χ4n) is 3.69. The molecule has 1 aliphatic rings. The first-order valence-electron chi connectivity index (χ1n) is 10.2. The van der Waals surface area contributed by atoms with Crippen molar-refractivity contribution >= 4 is 17.7 Å². The van der Waals surface area contributed by atoms with Crippen molar-refractivity contribution in [1.82, 2.24) is 20.3 Å². The number of para-hydroxylation sites is 1. The number of carbonyl (C=O) groups excluding carboxylic acids is 3. The summed E-state index contributed by atoms with van der Waals surface area (Å²) in [5.41, 5.74) is 8.28. The van der Waals surface area contributed by atoms with Gasteiger partial charge in [0, 0.05) is 31.9 Å². The van der Waals surface area contributed by atoms with Crippen molar-refractivity contribution in [3.8, 4) is 5.69 Å². The Kier molecular flexibility index (Phi) is 5.84. The van der Waals surface area contributed by atoms with Gasteiger partial charge in [-0.15, -0.1) is 0 Å². The maximum atomic E-state index is 12.7. The second-order valence-corrected chi connectivity index (χ2v) is 7.71. The summed E-state index contributed by atoms with van der Waals surface area (Å²) >= 11 is 0. The van der Waals surface area contributed by atoms with Gasteiger partial charge in [0.2, 0.25) is 11.8 Å². The predicted octanol–water partition coefficient (Wildman–Crippen LogP) is 2.60. The second kappa shape index (κ2) is 8.87. The summed E-state index contributed by atoms with van der Waals surface area (Å²) in [6, 6.07) is 18.8. The number of benzene rings is 2. The Labute approximate surface area is 180 Å². The zero-order valence-corrected chi connectivity index (χ0v) is 17.2. The van der Waals surface area contributed by atoms with Gasteiger partial charge in [-0.2, -0.15) is 0 Å². The lowest BCUT2D eigenvalue weighted by Gasteiger charge is -2.17. The van der Waals surface area contributed by atoms with Gasteiger partial charge >= 0.3 is 0 Å². The van der Waals surface area contributed by atoms with Gasteiger partial charge in [0.1, 0.15) is 0 Å². The smallest absolute Gasteiger partial charge is 0.271 e. The van der Waals surface area contributed by atoms with E-state index in [1.807, 2.05) is 72.4 Å². The van der Waals surface area contributed by atoms with Crippen LogP contribution < -0.4 is 10.9 Å². The summed E-state index contributed by atoms with van der Waals surface area (Å²) in [6.07, 6.45) is 3.82. The number of aryl methyl sites for hydroxylation is 1. The topological polar surface area (TPSA) is 83.4 Å². The Bertz CT molecular complexity index is 1090. The summed E-state index contributed by atoms with van der Waals surface area (Å²) in [4.78, 5) is 39.3. The minimum Gasteiger partial charge on any atom is -0.338 e. The summed E-state index contributed by atoms with van der Waals surface area (Å²) in [7, 11) is 0. The number of hydrogen-bond acceptors (Lipinski definition) is 3. The van der Waals surface area contributed by atoms with Gasteiger partial charge in [-0.3, -0.25) is 25.2 Å². The average molecular weight is 416 g/mol. The van der Waals surface area contributed by atoms with Gasteiger partial charge in [0.15, 0.2) is 0 Å². The number of hydrazine groups is 1. The molecule has 1 aliphatic heterocycles. The van der Waals surface area contributed by atoms with Crippen LogP contribution in [0.1, 0.15) is 27.9 Å². The van der Waals surface area contributed by atoms with Crippen molar-refractivity contribution in [3.63, 3.8) is 0 Å². The number of nitrogens with one attached hydrogen (secondary N) is 2. The molecule has 4 rings (SSSR count). The van der Waals surface area contributed by atoms with Gasteiger partial charge in [0.05, 0.1) is 17.2 Å². The Balaban J connectivity index is 1.35. The molecule has 1 saturated heterocycles. The van der Waals surface area contributed by atoms with Crippen LogP contribution in [0.15, 0.2) is 73.1 Å². The second-order valence-electron chi connectivity index (χ2n) is 7.71. The lowest BCUT2D eigenvalue weighted by atomic mass is 10.1. The van der Waals surface area contributed by atoms with Crippen molar-refractivity contribution in [2.24, 2.45) is 5.92 Å². The minimum atomic E-state index is -0.502. The Morgan fingerprint density at radius 3 is 2.42 bits per heavy atom. The van der Waals surface area contributed by atoms with E-state index >= 15 is 0 Å². The third kappa shape index (κ3) is 4.66. The molecule has 1 unspecified atom stereocenters. The Hall–Kier alpha value is -3.87. The van der Waals surface area contributed by atoms with Crippen molar-refractivity contribution in [1.29, 1.82) is 0 Å². The summed E-state index contributed by atoms with van der Waals surface area (Å²) < 4.78 is 1.83. The van der Waals surface area contributed by atoms with Crippen LogP contribution in [0.4, 0.5) is 0 Å². The van der Waals surface area contributed by atoms with Crippen molar-refractivity contribution in [3.05, 3.63) is 89.7 Å². The maximum Gasteiger partial charge on any atom is 0.271 e. The molecule has 3 amide bonds. The van der Waals surface area contributed by atoms with Crippen LogP contribution >= 0.6 is 0 Å². The van der Waals surface area contributed by atoms with E-state index in [1.165, 1.54) is 0 Å². The first-order valence-corrected chi connectivity index (χ1v) is 10.2. The zero-order valence-electron chi connectivity index (χ0n) is 17.2. The average Bonchev–Trinajstić information content (AvgIpc) is 3.44. The molecule has 2 N–H and O–H groups in total. The van der Waals surface area contributed by atoms with E-state index < -0.39 is 11.8 Å². The van der Waals surface area contributed by atoms with Crippen LogP contribution in [0.3, 0.4) is 0 Å². The van der Waals surface area contributed by atoms with Crippen LogP contribution in [0.2, 0.25) is 0 Å². The molecule has 0 saturated carbocycles. The Morgan fingerprint density at radius 1 is 0.968 bits per heavy atom. The molecule has 7 nitrogen and oxygen atoms in total. The van der Waals surface area contributed by atoms with Gasteiger partial charge in [-0.05, 0) is 36.8 Å². The zero-order chi connectivity index (χ0) is 21.8. The van der Waals surface area contributed by atoms with Crippen LogP contribution in [-0.2, 0) is 16.1 Å². The third-order valence-corrected chi connectivity index (χ3v) is 5.41. The van der Waals surface area contributed by atoms with Crippen LogP contribution in [-0.4, -0.2) is 33.7 Å². The monoisotopic (exact) mass is 416 g/mol. The molecule has 2 aromatic carbocycles. The number of rotatable bonds is 5. The molecular weight excluding hydrogens is 392 g/mol. The lowest BCUT2D eigenvalue weighted by molar-refractivity contribution is -0.129. The number of carbonyl (C=O) groups is 3. The van der Waals surface area contributed by atoms with Crippen LogP contribution in [0, 0.1) is 12.8 Å². The van der Waals surface area contributed by atoms with E-state index in [2.05, 4.69) is 10.9 Å². The number of amides is 3. The normalized spacial score (nSPS) is 15.7. The lowest BCUT2D eigenvalue weighted by Crippen LogP contribution is -2.45. The molecular formula is C24H24N4O3. The largest absolute Gasteiger partial charge is 0.338 e. The number of likely N-dealkylation sites (tertiary alicyclic amines) is 1. The molecule has 0 aliphatic carbocycles. The fraction of sp³-hybridized carbons (Fsp3) is 0.208. The molecule has 1 aromatic heterocycles. The highest BCUT2D eigenvalue weighted by Crippen LogP contribution is 2.20. The van der Waals surface area contributed by atoms with E-state index in [9.17, 15) is 14.4 Å². The molecule has 158 valence electrons. The van der Waals surface area contributed by atoms with Crippen LogP contribution in [0.25, 0.3) is 5.69 Å². The molecule has 0 radical (unpaired) electrons.